The lowest BCUT2D eigenvalue weighted by Crippen LogP contribution is -2.70. The summed E-state index contributed by atoms with van der Waals surface area (Å²) in [6.45, 7) is -0.397. The van der Waals surface area contributed by atoms with Crippen molar-refractivity contribution in [2.75, 3.05) is 7.05 Å². The van der Waals surface area contributed by atoms with Gasteiger partial charge in [-0.15, -0.1) is 0 Å². The number of aliphatic hydroxyl groups excluding tert-OH is 4. The number of fused-ring (bicyclic) bond motifs is 1. The number of likely N-dealkylation sites (N-methyl/N-ethyl adjacent to an activating group) is 1. The molecule has 0 aromatic heterocycles. The summed E-state index contributed by atoms with van der Waals surface area (Å²) in [4.78, 5) is 53.9. The highest BCUT2D eigenvalue weighted by Gasteiger charge is 2.55. The van der Waals surface area contributed by atoms with E-state index in [4.69, 9.17) is 33.2 Å². The van der Waals surface area contributed by atoms with E-state index in [2.05, 4.69) is 16.0 Å². The maximum atomic E-state index is 13.4. The number of hydrogen-bond donors (Lipinski definition) is 7. The van der Waals surface area contributed by atoms with Crippen molar-refractivity contribution in [1.82, 2.24) is 20.9 Å². The summed E-state index contributed by atoms with van der Waals surface area (Å²) in [6, 6.07) is 30.5. The van der Waals surface area contributed by atoms with Gasteiger partial charge in [-0.1, -0.05) is 121 Å². The molecule has 352 valence electrons. The first-order valence-corrected chi connectivity index (χ1v) is 21.5. The van der Waals surface area contributed by atoms with Crippen molar-refractivity contribution < 1.29 is 72.8 Å². The zero-order valence-electron chi connectivity index (χ0n) is 35.9. The molecule has 0 radical (unpaired) electrons. The molecule has 3 fully saturated rings. The van der Waals surface area contributed by atoms with Crippen molar-refractivity contribution in [2.45, 2.75) is 113 Å². The van der Waals surface area contributed by atoms with Crippen LogP contribution >= 0.6 is 0 Å². The first kappa shape index (κ1) is 47.6. The van der Waals surface area contributed by atoms with E-state index >= 15 is 0 Å². The van der Waals surface area contributed by atoms with Crippen LogP contribution in [0.1, 0.15) is 35.1 Å². The normalized spacial score (nSPS) is 28.1. The lowest BCUT2D eigenvalue weighted by Gasteiger charge is -2.51. The Bertz CT molecular complexity index is 2180. The van der Waals surface area contributed by atoms with E-state index in [1.54, 1.807) is 103 Å². The molecule has 1 aliphatic carbocycles. The fourth-order valence-electron chi connectivity index (χ4n) is 8.09. The summed E-state index contributed by atoms with van der Waals surface area (Å²) in [5.41, 5.74) is 2.79. The van der Waals surface area contributed by atoms with Crippen LogP contribution in [0.25, 0.3) is 0 Å². The number of alkyl carbamates (subject to hydrolysis) is 3. The van der Waals surface area contributed by atoms with E-state index in [-0.39, 0.29) is 39.3 Å². The van der Waals surface area contributed by atoms with Gasteiger partial charge in [0, 0.05) is 13.5 Å². The summed E-state index contributed by atoms with van der Waals surface area (Å²) in [6.07, 6.45) is -16.4. The van der Waals surface area contributed by atoms with Gasteiger partial charge in [0.2, 0.25) is 0 Å². The Balaban J connectivity index is 1.10. The first-order chi connectivity index (χ1) is 31.9. The Morgan fingerprint density at radius 2 is 0.970 bits per heavy atom. The summed E-state index contributed by atoms with van der Waals surface area (Å²) < 4.78 is 40.5. The van der Waals surface area contributed by atoms with Gasteiger partial charge < -0.3 is 74.4 Å². The van der Waals surface area contributed by atoms with Crippen molar-refractivity contribution >= 4 is 24.4 Å². The molecule has 2 aliphatic heterocycles. The standard InChI is InChI=1S/C47H54N4O15/c1-51(47(59)63-27-31-20-12-5-13-21-31)36-38(53)41-35(64-42(36)55)23-34(50-46(58)62-26-30-18-10-4-11-19-30)43(66-41)65-40-33(49-45(57)61-25-29-16-8-3-9-17-29)22-32(37(52)39(40)54)48-44(56)60-24-28-14-6-2-7-15-28/h2-21,32-43,52-55H,22-27H2,1H3,(H,48,56)(H,49,57)(H,50,58)/t32-,33+,34-,35+,36+,37+,38-,39-,40-,41+,42?,43+/m1/s1. The van der Waals surface area contributed by atoms with Gasteiger partial charge in [-0.2, -0.15) is 0 Å². The predicted octanol–water partition coefficient (Wildman–Crippen LogP) is 3.21. The monoisotopic (exact) mass is 914 g/mol. The van der Waals surface area contributed by atoms with Gasteiger partial charge in [0.25, 0.3) is 0 Å². The molecule has 4 aromatic carbocycles. The third kappa shape index (κ3) is 12.5. The van der Waals surface area contributed by atoms with Crippen molar-refractivity contribution in [2.24, 2.45) is 0 Å². The summed E-state index contributed by atoms with van der Waals surface area (Å²) in [7, 11) is 1.31. The SMILES string of the molecule is CN(C(=O)OCc1ccccc1)[C@@H]1C(O)O[C@H]2C[C@@H](NC(=O)OCc3ccccc3)[C@@H](O[C@H]3[C@H](O)[C@@H](O)[C@H](NC(=O)OCc4ccccc4)C[C@@H]3NC(=O)OCc3ccccc3)O[C@@H]2[C@@H]1O. The number of rotatable bonds is 14. The van der Waals surface area contributed by atoms with Gasteiger partial charge in [0.1, 0.15) is 63.0 Å². The molecule has 3 aliphatic rings. The Kier molecular flexibility index (Phi) is 16.4. The average Bonchev–Trinajstić information content (AvgIpc) is 3.33. The van der Waals surface area contributed by atoms with Crippen LogP contribution in [0.3, 0.4) is 0 Å². The average molecular weight is 915 g/mol. The number of nitrogens with one attached hydrogen (secondary N) is 3. The lowest BCUT2D eigenvalue weighted by molar-refractivity contribution is -0.337. The van der Waals surface area contributed by atoms with Crippen LogP contribution < -0.4 is 16.0 Å². The fraction of sp³-hybridized carbons (Fsp3) is 0.404. The molecular formula is C47H54N4O15. The van der Waals surface area contributed by atoms with Crippen LogP contribution in [-0.4, -0.2) is 130 Å². The summed E-state index contributed by atoms with van der Waals surface area (Å²) in [5, 5.41) is 54.2. The highest BCUT2D eigenvalue weighted by atomic mass is 16.7. The van der Waals surface area contributed by atoms with Crippen LogP contribution in [0.15, 0.2) is 121 Å². The number of hydrogen-bond acceptors (Lipinski definition) is 15. The minimum atomic E-state index is -1.84. The van der Waals surface area contributed by atoms with Gasteiger partial charge >= 0.3 is 24.4 Å². The number of carbonyl (C=O) groups is 4. The number of carbonyl (C=O) groups excluding carboxylic acids is 4. The molecular weight excluding hydrogens is 861 g/mol. The largest absolute Gasteiger partial charge is 0.445 e. The molecule has 0 bridgehead atoms. The molecule has 4 aromatic rings. The highest BCUT2D eigenvalue weighted by Crippen LogP contribution is 2.36. The van der Waals surface area contributed by atoms with E-state index in [9.17, 15) is 39.6 Å². The third-order valence-electron chi connectivity index (χ3n) is 11.5. The number of benzene rings is 4. The van der Waals surface area contributed by atoms with Crippen LogP contribution in [0.5, 0.6) is 0 Å². The minimum absolute atomic E-state index is 0.0846. The molecule has 4 amide bonds. The van der Waals surface area contributed by atoms with Crippen molar-refractivity contribution in [1.29, 1.82) is 0 Å². The van der Waals surface area contributed by atoms with Crippen molar-refractivity contribution in [3.05, 3.63) is 144 Å². The highest BCUT2D eigenvalue weighted by molar-refractivity contribution is 5.69. The molecule has 19 heteroatoms. The Morgan fingerprint density at radius 3 is 1.44 bits per heavy atom. The smallest absolute Gasteiger partial charge is 0.410 e. The molecule has 1 saturated carbocycles. The first-order valence-electron chi connectivity index (χ1n) is 21.5. The molecule has 2 saturated heterocycles. The van der Waals surface area contributed by atoms with Crippen LogP contribution in [0.2, 0.25) is 0 Å². The third-order valence-corrected chi connectivity index (χ3v) is 11.5. The van der Waals surface area contributed by atoms with E-state index in [0.717, 1.165) is 4.90 Å². The van der Waals surface area contributed by atoms with Crippen LogP contribution in [-0.2, 0) is 59.6 Å². The molecule has 2 heterocycles. The Morgan fingerprint density at radius 1 is 0.545 bits per heavy atom. The number of aliphatic hydroxyl groups is 4. The molecule has 19 nitrogen and oxygen atoms in total. The van der Waals surface area contributed by atoms with E-state index in [1.165, 1.54) is 7.05 Å². The second kappa shape index (κ2) is 22.7. The van der Waals surface area contributed by atoms with E-state index in [0.29, 0.717) is 22.3 Å². The summed E-state index contributed by atoms with van der Waals surface area (Å²) >= 11 is 0. The second-order valence-corrected chi connectivity index (χ2v) is 16.2. The van der Waals surface area contributed by atoms with Gasteiger partial charge in [-0.25, -0.2) is 19.2 Å². The Labute approximate surface area is 380 Å². The van der Waals surface area contributed by atoms with E-state index in [1.807, 2.05) is 18.2 Å². The predicted molar refractivity (Wildman–Crippen MR) is 230 cm³/mol. The summed E-state index contributed by atoms with van der Waals surface area (Å²) in [5.74, 6) is 0. The molecule has 7 N–H and O–H groups in total. The lowest BCUT2D eigenvalue weighted by atomic mass is 9.83. The zero-order valence-corrected chi connectivity index (χ0v) is 35.9. The maximum absolute atomic E-state index is 13.4. The minimum Gasteiger partial charge on any atom is -0.445 e. The van der Waals surface area contributed by atoms with E-state index < -0.39 is 97.7 Å². The maximum Gasteiger partial charge on any atom is 0.410 e. The van der Waals surface area contributed by atoms with Crippen molar-refractivity contribution in [3.63, 3.8) is 0 Å². The topological polar surface area (TPSA) is 253 Å². The van der Waals surface area contributed by atoms with Crippen LogP contribution in [0.4, 0.5) is 19.2 Å². The molecule has 12 atom stereocenters. The molecule has 1 unspecified atom stereocenters. The second-order valence-electron chi connectivity index (χ2n) is 16.2. The van der Waals surface area contributed by atoms with Crippen LogP contribution in [0, 0.1) is 0 Å². The number of nitrogens with zero attached hydrogens (tertiary/aromatic N) is 1. The molecule has 0 spiro atoms. The molecule has 7 rings (SSSR count). The quantitative estimate of drug-likeness (QED) is 0.0898. The fourth-order valence-corrected chi connectivity index (χ4v) is 8.09. The molecule has 66 heavy (non-hydrogen) atoms. The van der Waals surface area contributed by atoms with Gasteiger partial charge in [-0.3, -0.25) is 0 Å². The number of amides is 4. The number of ether oxygens (including phenoxy) is 7. The zero-order chi connectivity index (χ0) is 46.6. The van der Waals surface area contributed by atoms with Gasteiger partial charge in [-0.05, 0) is 28.7 Å². The van der Waals surface area contributed by atoms with Gasteiger partial charge in [0.15, 0.2) is 12.6 Å². The Hall–Kier alpha value is -6.32. The van der Waals surface area contributed by atoms with Gasteiger partial charge in [0.05, 0.1) is 24.2 Å². The van der Waals surface area contributed by atoms with Crippen molar-refractivity contribution in [3.8, 4) is 0 Å².